The van der Waals surface area contributed by atoms with Gasteiger partial charge in [-0.3, -0.25) is 4.79 Å². The predicted molar refractivity (Wildman–Crippen MR) is 72.4 cm³/mol. The molecule has 0 bridgehead atoms. The van der Waals surface area contributed by atoms with Crippen molar-refractivity contribution in [3.8, 4) is 12.3 Å². The van der Waals surface area contributed by atoms with Crippen molar-refractivity contribution in [3.05, 3.63) is 0 Å². The van der Waals surface area contributed by atoms with Crippen molar-refractivity contribution in [3.63, 3.8) is 0 Å². The molecule has 0 saturated carbocycles. The van der Waals surface area contributed by atoms with Crippen LogP contribution in [-0.4, -0.2) is 29.9 Å². The maximum atomic E-state index is 12.1. The summed E-state index contributed by atoms with van der Waals surface area (Å²) in [6.07, 6.45) is 9.09. The fourth-order valence-corrected chi connectivity index (χ4v) is 1.83. The van der Waals surface area contributed by atoms with Gasteiger partial charge in [0, 0.05) is 18.5 Å². The Morgan fingerprint density at radius 3 is 2.53 bits per heavy atom. The molecule has 0 aliphatic carbocycles. The van der Waals surface area contributed by atoms with Crippen LogP contribution in [0.3, 0.4) is 0 Å². The molecule has 3 heteroatoms. The summed E-state index contributed by atoms with van der Waals surface area (Å²) in [7, 11) is 0. The zero-order chi connectivity index (χ0) is 13.3. The predicted octanol–water partition coefficient (Wildman–Crippen LogP) is 2.01. The molecule has 0 aliphatic rings. The highest BCUT2D eigenvalue weighted by molar-refractivity contribution is 5.78. The first-order valence-corrected chi connectivity index (χ1v) is 6.50. The number of rotatable bonds is 8. The molecule has 0 aromatic carbocycles. The number of terminal acetylenes is 1. The van der Waals surface area contributed by atoms with Gasteiger partial charge in [0.05, 0.1) is 6.54 Å². The Balaban J connectivity index is 4.11. The van der Waals surface area contributed by atoms with Crippen LogP contribution in [0.1, 0.15) is 46.5 Å². The third kappa shape index (κ3) is 7.01. The SMILES string of the molecule is C#CCN(CCC)C(=O)C(C)CCCC(C)N. The number of hydrogen-bond donors (Lipinski definition) is 1. The summed E-state index contributed by atoms with van der Waals surface area (Å²) in [5, 5.41) is 0. The maximum absolute atomic E-state index is 12.1. The van der Waals surface area contributed by atoms with Gasteiger partial charge in [0.1, 0.15) is 0 Å². The van der Waals surface area contributed by atoms with Crippen molar-refractivity contribution in [1.82, 2.24) is 4.90 Å². The van der Waals surface area contributed by atoms with Crippen LogP contribution < -0.4 is 5.73 Å². The molecule has 0 aromatic heterocycles. The molecule has 2 unspecified atom stereocenters. The number of carbonyl (C=O) groups is 1. The molecule has 0 fully saturated rings. The molecule has 0 aromatic rings. The Morgan fingerprint density at radius 1 is 1.41 bits per heavy atom. The van der Waals surface area contributed by atoms with Crippen LogP contribution in [0.2, 0.25) is 0 Å². The first-order chi connectivity index (χ1) is 8.02. The lowest BCUT2D eigenvalue weighted by molar-refractivity contribution is -0.134. The highest BCUT2D eigenvalue weighted by Gasteiger charge is 2.18. The third-order valence-corrected chi connectivity index (χ3v) is 2.81. The van der Waals surface area contributed by atoms with E-state index in [0.29, 0.717) is 6.54 Å². The van der Waals surface area contributed by atoms with Crippen LogP contribution in [0, 0.1) is 18.3 Å². The highest BCUT2D eigenvalue weighted by Crippen LogP contribution is 2.12. The zero-order valence-electron chi connectivity index (χ0n) is 11.4. The van der Waals surface area contributed by atoms with E-state index in [-0.39, 0.29) is 17.9 Å². The second-order valence-corrected chi connectivity index (χ2v) is 4.77. The Labute approximate surface area is 106 Å². The average Bonchev–Trinajstić information content (AvgIpc) is 2.27. The quantitative estimate of drug-likeness (QED) is 0.658. The average molecular weight is 238 g/mol. The van der Waals surface area contributed by atoms with Crippen molar-refractivity contribution >= 4 is 5.91 Å². The van der Waals surface area contributed by atoms with Gasteiger partial charge in [0.2, 0.25) is 5.91 Å². The lowest BCUT2D eigenvalue weighted by Crippen LogP contribution is -2.36. The summed E-state index contributed by atoms with van der Waals surface area (Å²) < 4.78 is 0. The van der Waals surface area contributed by atoms with Crippen molar-refractivity contribution < 1.29 is 4.79 Å². The topological polar surface area (TPSA) is 46.3 Å². The molecule has 0 rings (SSSR count). The molecular weight excluding hydrogens is 212 g/mol. The van der Waals surface area contributed by atoms with Gasteiger partial charge in [0.15, 0.2) is 0 Å². The van der Waals surface area contributed by atoms with Gasteiger partial charge in [-0.2, -0.15) is 0 Å². The summed E-state index contributed by atoms with van der Waals surface area (Å²) in [5.74, 6) is 2.77. The van der Waals surface area contributed by atoms with Crippen LogP contribution in [-0.2, 0) is 4.79 Å². The minimum atomic E-state index is 0.0497. The van der Waals surface area contributed by atoms with E-state index in [1.807, 2.05) is 13.8 Å². The van der Waals surface area contributed by atoms with Crippen molar-refractivity contribution in [2.24, 2.45) is 11.7 Å². The standard InChI is InChI=1S/C14H26N2O/c1-5-10-16(11-6-2)14(17)12(3)8-7-9-13(4)15/h1,12-13H,6-11,15H2,2-4H3. The van der Waals surface area contributed by atoms with Gasteiger partial charge >= 0.3 is 0 Å². The highest BCUT2D eigenvalue weighted by atomic mass is 16.2. The lowest BCUT2D eigenvalue weighted by Gasteiger charge is -2.23. The van der Waals surface area contributed by atoms with Gasteiger partial charge in [-0.25, -0.2) is 0 Å². The van der Waals surface area contributed by atoms with E-state index in [4.69, 9.17) is 12.2 Å². The Morgan fingerprint density at radius 2 is 2.06 bits per heavy atom. The molecule has 2 N–H and O–H groups in total. The molecule has 0 aliphatic heterocycles. The molecule has 0 spiro atoms. The molecule has 0 heterocycles. The third-order valence-electron chi connectivity index (χ3n) is 2.81. The molecule has 0 radical (unpaired) electrons. The normalized spacial score (nSPS) is 13.8. The monoisotopic (exact) mass is 238 g/mol. The minimum absolute atomic E-state index is 0.0497. The maximum Gasteiger partial charge on any atom is 0.226 e. The summed E-state index contributed by atoms with van der Waals surface area (Å²) in [5.41, 5.74) is 5.69. The van der Waals surface area contributed by atoms with Gasteiger partial charge in [-0.1, -0.05) is 26.2 Å². The molecule has 17 heavy (non-hydrogen) atoms. The second kappa shape index (κ2) is 9.07. The van der Waals surface area contributed by atoms with Crippen molar-refractivity contribution in [1.29, 1.82) is 0 Å². The van der Waals surface area contributed by atoms with Crippen LogP contribution in [0.5, 0.6) is 0 Å². The molecule has 3 nitrogen and oxygen atoms in total. The molecular formula is C14H26N2O. The molecule has 0 saturated heterocycles. The van der Waals surface area contributed by atoms with Gasteiger partial charge < -0.3 is 10.6 Å². The Hall–Kier alpha value is -1.01. The van der Waals surface area contributed by atoms with E-state index in [1.54, 1.807) is 4.90 Å². The largest absolute Gasteiger partial charge is 0.331 e. The van der Waals surface area contributed by atoms with Gasteiger partial charge in [0.25, 0.3) is 0 Å². The number of amides is 1. The number of nitrogens with zero attached hydrogens (tertiary/aromatic N) is 1. The van der Waals surface area contributed by atoms with Crippen LogP contribution in [0.4, 0.5) is 0 Å². The summed E-state index contributed by atoms with van der Waals surface area (Å²) in [6.45, 7) is 7.19. The number of carbonyl (C=O) groups excluding carboxylic acids is 1. The van der Waals surface area contributed by atoms with E-state index in [1.165, 1.54) is 0 Å². The molecule has 2 atom stereocenters. The molecule has 98 valence electrons. The Bertz CT molecular complexity index is 255. The summed E-state index contributed by atoms with van der Waals surface area (Å²) in [6, 6.07) is 0.217. The van der Waals surface area contributed by atoms with Gasteiger partial charge in [-0.05, 0) is 26.2 Å². The van der Waals surface area contributed by atoms with E-state index in [2.05, 4.69) is 12.8 Å². The summed E-state index contributed by atoms with van der Waals surface area (Å²) in [4.78, 5) is 13.9. The first kappa shape index (κ1) is 16.0. The zero-order valence-corrected chi connectivity index (χ0v) is 11.4. The minimum Gasteiger partial charge on any atom is -0.331 e. The smallest absolute Gasteiger partial charge is 0.226 e. The van der Waals surface area contributed by atoms with Crippen molar-refractivity contribution in [2.75, 3.05) is 13.1 Å². The second-order valence-electron chi connectivity index (χ2n) is 4.77. The lowest BCUT2D eigenvalue weighted by atomic mass is 10.0. The van der Waals surface area contributed by atoms with Crippen LogP contribution in [0.25, 0.3) is 0 Å². The van der Waals surface area contributed by atoms with Crippen molar-refractivity contribution in [2.45, 2.75) is 52.5 Å². The first-order valence-electron chi connectivity index (χ1n) is 6.50. The van der Waals surface area contributed by atoms with E-state index >= 15 is 0 Å². The van der Waals surface area contributed by atoms with Crippen LogP contribution in [0.15, 0.2) is 0 Å². The summed E-state index contributed by atoms with van der Waals surface area (Å²) >= 11 is 0. The van der Waals surface area contributed by atoms with E-state index < -0.39 is 0 Å². The fraction of sp³-hybridized carbons (Fsp3) is 0.786. The van der Waals surface area contributed by atoms with Crippen LogP contribution >= 0.6 is 0 Å². The Kier molecular flexibility index (Phi) is 8.53. The number of hydrogen-bond acceptors (Lipinski definition) is 2. The van der Waals surface area contributed by atoms with E-state index in [9.17, 15) is 4.79 Å². The van der Waals surface area contributed by atoms with Gasteiger partial charge in [-0.15, -0.1) is 6.42 Å². The molecule has 1 amide bonds. The van der Waals surface area contributed by atoms with E-state index in [0.717, 1.165) is 32.2 Å². The number of nitrogens with two attached hydrogens (primary N) is 1. The fourth-order valence-electron chi connectivity index (χ4n) is 1.83.